The highest BCUT2D eigenvalue weighted by atomic mass is 16.6. The van der Waals surface area contributed by atoms with Gasteiger partial charge in [-0.1, -0.05) is 0 Å². The fourth-order valence-electron chi connectivity index (χ4n) is 2.14. The number of carbonyl (C=O) groups is 1. The van der Waals surface area contributed by atoms with Gasteiger partial charge in [0.15, 0.2) is 5.70 Å². The number of nitro benzene ring substituents is 1. The molecular formula is C17H13N3O4. The molecule has 0 aliphatic carbocycles. The summed E-state index contributed by atoms with van der Waals surface area (Å²) >= 11 is 0. The molecule has 2 aromatic rings. The third-order valence-electron chi connectivity index (χ3n) is 3.43. The van der Waals surface area contributed by atoms with Crippen LogP contribution in [0.1, 0.15) is 11.3 Å². The number of ether oxygens (including phenoxy) is 1. The zero-order valence-corrected chi connectivity index (χ0v) is 12.7. The minimum Gasteiger partial charge on any atom is -0.403 e. The van der Waals surface area contributed by atoms with E-state index in [2.05, 4.69) is 4.99 Å². The molecule has 7 nitrogen and oxygen atoms in total. The number of hydrogen-bond acceptors (Lipinski definition) is 5. The van der Waals surface area contributed by atoms with Gasteiger partial charge in [0.05, 0.1) is 4.92 Å². The maximum absolute atomic E-state index is 11.8. The molecule has 3 rings (SSSR count). The van der Waals surface area contributed by atoms with Crippen molar-refractivity contribution in [3.05, 3.63) is 75.7 Å². The van der Waals surface area contributed by atoms with Crippen molar-refractivity contribution >= 4 is 29.7 Å². The average Bonchev–Trinajstić information content (AvgIpc) is 3.12. The Morgan fingerprint density at radius 1 is 1.21 bits per heavy atom. The molecule has 0 saturated heterocycles. The maximum Gasteiger partial charge on any atom is 0.363 e. The molecule has 1 aliphatic rings. The molecule has 0 N–H and O–H groups in total. The van der Waals surface area contributed by atoms with E-state index < -0.39 is 10.9 Å². The summed E-state index contributed by atoms with van der Waals surface area (Å²) in [6, 6.07) is 9.75. The molecule has 7 heteroatoms. The van der Waals surface area contributed by atoms with E-state index in [4.69, 9.17) is 4.74 Å². The number of non-ortho nitro benzene ring substituents is 1. The number of aliphatic imine (C=N–C) groups is 1. The fraction of sp³-hybridized carbons (Fsp3) is 0.0588. The second-order valence-electron chi connectivity index (χ2n) is 5.10. The predicted octanol–water partition coefficient (Wildman–Crippen LogP) is 2.94. The van der Waals surface area contributed by atoms with Gasteiger partial charge in [-0.25, -0.2) is 9.79 Å². The minimum atomic E-state index is -0.514. The molecule has 2 heterocycles. The van der Waals surface area contributed by atoms with E-state index in [9.17, 15) is 14.9 Å². The number of aromatic nitrogens is 1. The zero-order valence-electron chi connectivity index (χ0n) is 12.7. The Morgan fingerprint density at radius 2 is 1.96 bits per heavy atom. The molecule has 0 spiro atoms. The highest BCUT2D eigenvalue weighted by molar-refractivity contribution is 6.11. The standard InChI is InChI=1S/C17H13N3O4/c1-19-10-2-3-14(19)11-15-17(21)24-16(18-15)9-6-12-4-7-13(8-5-12)20(22)23/h2-11H,1H3. The van der Waals surface area contributed by atoms with Crippen LogP contribution in [0.3, 0.4) is 0 Å². The lowest BCUT2D eigenvalue weighted by Crippen LogP contribution is -2.01. The van der Waals surface area contributed by atoms with Crippen LogP contribution in [-0.2, 0) is 16.6 Å². The molecule has 0 fully saturated rings. The molecule has 0 saturated carbocycles. The van der Waals surface area contributed by atoms with Crippen LogP contribution < -0.4 is 0 Å². The Morgan fingerprint density at radius 3 is 2.58 bits per heavy atom. The number of carbonyl (C=O) groups excluding carboxylic acids is 1. The number of aryl methyl sites for hydroxylation is 1. The summed E-state index contributed by atoms with van der Waals surface area (Å²) < 4.78 is 6.95. The van der Waals surface area contributed by atoms with Crippen LogP contribution in [0.15, 0.2) is 59.4 Å². The van der Waals surface area contributed by atoms with E-state index in [1.165, 1.54) is 12.1 Å². The SMILES string of the molecule is Cn1cccc1C=C1N=C(C=Cc2ccc([N+](=O)[O-])cc2)OC1=O. The summed E-state index contributed by atoms with van der Waals surface area (Å²) in [7, 11) is 1.87. The first-order valence-electron chi connectivity index (χ1n) is 7.09. The number of nitrogens with zero attached hydrogens (tertiary/aromatic N) is 3. The summed E-state index contributed by atoms with van der Waals surface area (Å²) in [5, 5.41) is 10.6. The lowest BCUT2D eigenvalue weighted by atomic mass is 10.2. The van der Waals surface area contributed by atoms with E-state index in [1.54, 1.807) is 30.4 Å². The van der Waals surface area contributed by atoms with Gasteiger partial charge >= 0.3 is 5.97 Å². The number of cyclic esters (lactones) is 1. The van der Waals surface area contributed by atoms with Crippen LogP contribution in [0.5, 0.6) is 0 Å². The third kappa shape index (κ3) is 3.30. The first-order valence-corrected chi connectivity index (χ1v) is 7.09. The molecule has 1 aliphatic heterocycles. The van der Waals surface area contributed by atoms with Crippen LogP contribution in [0.2, 0.25) is 0 Å². The minimum absolute atomic E-state index is 0.0181. The van der Waals surface area contributed by atoms with Gasteiger partial charge in [-0.3, -0.25) is 10.1 Å². The highest BCUT2D eigenvalue weighted by Gasteiger charge is 2.21. The van der Waals surface area contributed by atoms with Gasteiger partial charge < -0.3 is 9.30 Å². The van der Waals surface area contributed by atoms with Crippen LogP contribution >= 0.6 is 0 Å². The van der Waals surface area contributed by atoms with Crippen molar-refractivity contribution in [2.45, 2.75) is 0 Å². The van der Waals surface area contributed by atoms with Gasteiger partial charge in [0, 0.05) is 37.1 Å². The Kier molecular flexibility index (Phi) is 4.07. The van der Waals surface area contributed by atoms with Crippen LogP contribution in [0.25, 0.3) is 12.2 Å². The largest absolute Gasteiger partial charge is 0.403 e. The highest BCUT2D eigenvalue weighted by Crippen LogP contribution is 2.17. The van der Waals surface area contributed by atoms with Gasteiger partial charge in [-0.15, -0.1) is 0 Å². The van der Waals surface area contributed by atoms with E-state index in [0.29, 0.717) is 0 Å². The van der Waals surface area contributed by atoms with Gasteiger partial charge in [0.25, 0.3) is 5.69 Å². The van der Waals surface area contributed by atoms with E-state index in [-0.39, 0.29) is 17.3 Å². The quantitative estimate of drug-likeness (QED) is 0.374. The summed E-state index contributed by atoms with van der Waals surface area (Å²) in [6.45, 7) is 0. The number of rotatable bonds is 4. The smallest absolute Gasteiger partial charge is 0.363 e. The van der Waals surface area contributed by atoms with Crippen molar-refractivity contribution in [3.63, 3.8) is 0 Å². The van der Waals surface area contributed by atoms with Crippen LogP contribution in [0, 0.1) is 10.1 Å². The Labute approximate surface area is 137 Å². The number of benzene rings is 1. The zero-order chi connectivity index (χ0) is 17.1. The molecule has 120 valence electrons. The van der Waals surface area contributed by atoms with Crippen LogP contribution in [-0.4, -0.2) is 21.4 Å². The summed E-state index contributed by atoms with van der Waals surface area (Å²) in [6.07, 6.45) is 6.73. The molecule has 24 heavy (non-hydrogen) atoms. The summed E-state index contributed by atoms with van der Waals surface area (Å²) in [5.41, 5.74) is 1.82. The van der Waals surface area contributed by atoms with Gasteiger partial charge in [0.2, 0.25) is 5.90 Å². The van der Waals surface area contributed by atoms with Crippen LogP contribution in [0.4, 0.5) is 5.69 Å². The van der Waals surface area contributed by atoms with E-state index in [1.807, 2.05) is 29.9 Å². The lowest BCUT2D eigenvalue weighted by Gasteiger charge is -1.95. The Bertz CT molecular complexity index is 889. The molecule has 1 aromatic heterocycles. The normalized spacial score (nSPS) is 15.8. The average molecular weight is 323 g/mol. The number of esters is 1. The van der Waals surface area contributed by atoms with Crippen molar-refractivity contribution in [2.24, 2.45) is 12.0 Å². The van der Waals surface area contributed by atoms with E-state index in [0.717, 1.165) is 11.3 Å². The van der Waals surface area contributed by atoms with Crippen molar-refractivity contribution in [1.82, 2.24) is 4.57 Å². The first-order chi connectivity index (χ1) is 11.5. The number of nitro groups is 1. The Hall–Kier alpha value is -3.48. The molecule has 1 aromatic carbocycles. The van der Waals surface area contributed by atoms with Crippen molar-refractivity contribution in [2.75, 3.05) is 0 Å². The van der Waals surface area contributed by atoms with E-state index >= 15 is 0 Å². The van der Waals surface area contributed by atoms with Gasteiger partial charge in [-0.2, -0.15) is 0 Å². The third-order valence-corrected chi connectivity index (χ3v) is 3.43. The second kappa shape index (κ2) is 6.33. The molecule has 0 amide bonds. The number of hydrogen-bond donors (Lipinski definition) is 0. The van der Waals surface area contributed by atoms with Crippen molar-refractivity contribution < 1.29 is 14.5 Å². The summed E-state index contributed by atoms with van der Waals surface area (Å²) in [4.78, 5) is 26.1. The Balaban J connectivity index is 1.77. The predicted molar refractivity (Wildman–Crippen MR) is 89.0 cm³/mol. The monoisotopic (exact) mass is 323 g/mol. The maximum atomic E-state index is 11.8. The topological polar surface area (TPSA) is 86.7 Å². The van der Waals surface area contributed by atoms with Gasteiger partial charge in [0.1, 0.15) is 0 Å². The molecule has 0 atom stereocenters. The van der Waals surface area contributed by atoms with Gasteiger partial charge in [-0.05, 0) is 42.0 Å². The molecule has 0 bridgehead atoms. The molecule has 0 radical (unpaired) electrons. The first kappa shape index (κ1) is 15.4. The lowest BCUT2D eigenvalue weighted by molar-refractivity contribution is -0.384. The second-order valence-corrected chi connectivity index (χ2v) is 5.10. The van der Waals surface area contributed by atoms with Crippen molar-refractivity contribution in [3.8, 4) is 0 Å². The fourth-order valence-corrected chi connectivity index (χ4v) is 2.14. The molecular weight excluding hydrogens is 310 g/mol. The summed E-state index contributed by atoms with van der Waals surface area (Å²) in [5.74, 6) is -0.335. The molecule has 0 unspecified atom stereocenters. The van der Waals surface area contributed by atoms with Crippen molar-refractivity contribution in [1.29, 1.82) is 0 Å².